The summed E-state index contributed by atoms with van der Waals surface area (Å²) in [6.45, 7) is 0.102. The standard InChI is InChI=1S/C12H11FN4O3/c13-8-3-1-2-7(4-8)5-14-11(19)16-9-6-15-12(20)17-10(9)18/h1-4,6H,5H2,(H2,14,16,19)(H2,15,17,18,20). The number of carbonyl (C=O) groups excluding carboxylic acids is 1. The summed E-state index contributed by atoms with van der Waals surface area (Å²) < 4.78 is 12.9. The van der Waals surface area contributed by atoms with Crippen LogP contribution in [0.3, 0.4) is 0 Å². The molecule has 1 aromatic heterocycles. The van der Waals surface area contributed by atoms with Crippen molar-refractivity contribution in [3.63, 3.8) is 0 Å². The van der Waals surface area contributed by atoms with E-state index in [4.69, 9.17) is 0 Å². The molecule has 0 bridgehead atoms. The molecule has 4 N–H and O–H groups in total. The smallest absolute Gasteiger partial charge is 0.325 e. The van der Waals surface area contributed by atoms with Gasteiger partial charge >= 0.3 is 11.7 Å². The SMILES string of the molecule is O=C(NCc1cccc(F)c1)Nc1c[nH]c(=O)[nH]c1=O. The molecule has 8 heteroatoms. The van der Waals surface area contributed by atoms with Gasteiger partial charge in [0.05, 0.1) is 0 Å². The molecule has 0 spiro atoms. The normalized spacial score (nSPS) is 10.1. The molecule has 104 valence electrons. The number of aromatic amines is 2. The Kier molecular flexibility index (Phi) is 3.94. The van der Waals surface area contributed by atoms with E-state index in [1.54, 1.807) is 6.07 Å². The van der Waals surface area contributed by atoms with Gasteiger partial charge in [0.1, 0.15) is 11.5 Å². The van der Waals surface area contributed by atoms with E-state index in [1.165, 1.54) is 18.2 Å². The second-order valence-electron chi connectivity index (χ2n) is 3.92. The Morgan fingerprint density at radius 2 is 2.10 bits per heavy atom. The van der Waals surface area contributed by atoms with Crippen molar-refractivity contribution in [3.8, 4) is 0 Å². The molecule has 0 saturated carbocycles. The zero-order valence-electron chi connectivity index (χ0n) is 10.2. The quantitative estimate of drug-likeness (QED) is 0.657. The van der Waals surface area contributed by atoms with Crippen LogP contribution in [0.15, 0.2) is 40.1 Å². The molecule has 2 rings (SSSR count). The molecular weight excluding hydrogens is 267 g/mol. The monoisotopic (exact) mass is 278 g/mol. The summed E-state index contributed by atoms with van der Waals surface area (Å²) in [4.78, 5) is 37.9. The fourth-order valence-corrected chi connectivity index (χ4v) is 1.50. The number of hydrogen-bond donors (Lipinski definition) is 4. The molecular formula is C12H11FN4O3. The minimum Gasteiger partial charge on any atom is -0.334 e. The van der Waals surface area contributed by atoms with Crippen LogP contribution >= 0.6 is 0 Å². The minimum atomic E-state index is -0.713. The number of hydrogen-bond acceptors (Lipinski definition) is 3. The van der Waals surface area contributed by atoms with Crippen LogP contribution in [0.2, 0.25) is 0 Å². The number of amides is 2. The molecule has 1 heterocycles. The number of aromatic nitrogens is 2. The van der Waals surface area contributed by atoms with Gasteiger partial charge in [0.15, 0.2) is 0 Å². The van der Waals surface area contributed by atoms with E-state index < -0.39 is 23.1 Å². The first-order valence-electron chi connectivity index (χ1n) is 5.66. The summed E-state index contributed by atoms with van der Waals surface area (Å²) in [6, 6.07) is 5.11. The van der Waals surface area contributed by atoms with Crippen LogP contribution in [0.5, 0.6) is 0 Å². The Bertz CT molecular complexity index is 738. The van der Waals surface area contributed by atoms with Crippen LogP contribution in [0.4, 0.5) is 14.9 Å². The molecule has 20 heavy (non-hydrogen) atoms. The van der Waals surface area contributed by atoms with E-state index in [0.29, 0.717) is 5.56 Å². The fourth-order valence-electron chi connectivity index (χ4n) is 1.50. The molecule has 0 fully saturated rings. The van der Waals surface area contributed by atoms with Crippen LogP contribution < -0.4 is 21.9 Å². The molecule has 0 atom stereocenters. The molecule has 0 aliphatic rings. The lowest BCUT2D eigenvalue weighted by molar-refractivity contribution is 0.251. The number of halogens is 1. The molecule has 0 unspecified atom stereocenters. The van der Waals surface area contributed by atoms with Gasteiger partial charge in [-0.25, -0.2) is 14.0 Å². The van der Waals surface area contributed by atoms with Crippen molar-refractivity contribution in [2.75, 3.05) is 5.32 Å². The minimum absolute atomic E-state index is 0.0960. The third-order valence-corrected chi connectivity index (χ3v) is 2.41. The Morgan fingerprint density at radius 1 is 1.30 bits per heavy atom. The zero-order chi connectivity index (χ0) is 14.5. The van der Waals surface area contributed by atoms with Gasteiger partial charge in [-0.1, -0.05) is 12.1 Å². The Morgan fingerprint density at radius 3 is 2.80 bits per heavy atom. The van der Waals surface area contributed by atoms with Gasteiger partial charge in [0, 0.05) is 12.7 Å². The van der Waals surface area contributed by atoms with Gasteiger partial charge in [-0.3, -0.25) is 9.78 Å². The molecule has 0 aliphatic heterocycles. The van der Waals surface area contributed by atoms with E-state index in [-0.39, 0.29) is 12.2 Å². The number of carbonyl (C=O) groups is 1. The maximum absolute atomic E-state index is 12.9. The van der Waals surface area contributed by atoms with Crippen molar-refractivity contribution in [1.82, 2.24) is 15.3 Å². The number of benzene rings is 1. The van der Waals surface area contributed by atoms with E-state index in [2.05, 4.69) is 15.6 Å². The highest BCUT2D eigenvalue weighted by molar-refractivity contribution is 5.88. The maximum atomic E-state index is 12.9. The van der Waals surface area contributed by atoms with E-state index in [9.17, 15) is 18.8 Å². The summed E-state index contributed by atoms with van der Waals surface area (Å²) >= 11 is 0. The number of anilines is 1. The summed E-state index contributed by atoms with van der Waals surface area (Å²) in [5.74, 6) is -0.401. The highest BCUT2D eigenvalue weighted by atomic mass is 19.1. The van der Waals surface area contributed by atoms with Crippen molar-refractivity contribution < 1.29 is 9.18 Å². The van der Waals surface area contributed by atoms with Gasteiger partial charge in [0.25, 0.3) is 5.56 Å². The van der Waals surface area contributed by atoms with Gasteiger partial charge in [-0.05, 0) is 17.7 Å². The first-order valence-corrected chi connectivity index (χ1v) is 5.66. The number of nitrogens with one attached hydrogen (secondary N) is 4. The lowest BCUT2D eigenvalue weighted by Crippen LogP contribution is -2.32. The average molecular weight is 278 g/mol. The fraction of sp³-hybridized carbons (Fsp3) is 0.0833. The summed E-state index contributed by atoms with van der Waals surface area (Å²) in [6.07, 6.45) is 1.09. The van der Waals surface area contributed by atoms with Crippen molar-refractivity contribution in [2.45, 2.75) is 6.54 Å². The van der Waals surface area contributed by atoms with Crippen LogP contribution in [0, 0.1) is 5.82 Å². The van der Waals surface area contributed by atoms with Crippen LogP contribution in [-0.2, 0) is 6.54 Å². The second kappa shape index (κ2) is 5.83. The van der Waals surface area contributed by atoms with Gasteiger partial charge < -0.3 is 15.6 Å². The second-order valence-corrected chi connectivity index (χ2v) is 3.92. The summed E-state index contributed by atoms with van der Waals surface area (Å²) in [5.41, 5.74) is -0.896. The Labute approximate surface area is 111 Å². The Hall–Kier alpha value is -2.90. The van der Waals surface area contributed by atoms with Crippen molar-refractivity contribution >= 4 is 11.7 Å². The first-order chi connectivity index (χ1) is 9.54. The molecule has 7 nitrogen and oxygen atoms in total. The van der Waals surface area contributed by atoms with E-state index in [0.717, 1.165) is 6.20 Å². The zero-order valence-corrected chi connectivity index (χ0v) is 10.2. The molecule has 1 aromatic carbocycles. The number of H-pyrrole nitrogens is 2. The van der Waals surface area contributed by atoms with Gasteiger partial charge in [-0.15, -0.1) is 0 Å². The Balaban J connectivity index is 1.96. The molecule has 2 amide bonds. The largest absolute Gasteiger partial charge is 0.334 e. The number of urea groups is 1. The predicted octanol–water partition coefficient (Wildman–Crippen LogP) is 0.524. The van der Waals surface area contributed by atoms with Crippen LogP contribution in [0.1, 0.15) is 5.56 Å². The van der Waals surface area contributed by atoms with Crippen LogP contribution in [0.25, 0.3) is 0 Å². The molecule has 0 saturated heterocycles. The van der Waals surface area contributed by atoms with Crippen molar-refractivity contribution in [2.24, 2.45) is 0 Å². The van der Waals surface area contributed by atoms with E-state index in [1.807, 2.05) is 4.98 Å². The third kappa shape index (κ3) is 3.55. The topological polar surface area (TPSA) is 107 Å². The number of rotatable bonds is 3. The van der Waals surface area contributed by atoms with Gasteiger partial charge in [0.2, 0.25) is 0 Å². The average Bonchev–Trinajstić information content (AvgIpc) is 2.40. The first kappa shape index (κ1) is 13.5. The van der Waals surface area contributed by atoms with Gasteiger partial charge in [-0.2, -0.15) is 0 Å². The summed E-state index contributed by atoms with van der Waals surface area (Å²) in [7, 11) is 0. The molecule has 0 aliphatic carbocycles. The molecule has 2 aromatic rings. The lowest BCUT2D eigenvalue weighted by atomic mass is 10.2. The van der Waals surface area contributed by atoms with Crippen LogP contribution in [-0.4, -0.2) is 16.0 Å². The van der Waals surface area contributed by atoms with E-state index >= 15 is 0 Å². The highest BCUT2D eigenvalue weighted by Crippen LogP contribution is 2.02. The third-order valence-electron chi connectivity index (χ3n) is 2.41. The summed E-state index contributed by atoms with van der Waals surface area (Å²) in [5, 5.41) is 4.72. The lowest BCUT2D eigenvalue weighted by Gasteiger charge is -2.06. The van der Waals surface area contributed by atoms with Crippen molar-refractivity contribution in [1.29, 1.82) is 0 Å². The predicted molar refractivity (Wildman–Crippen MR) is 69.9 cm³/mol. The highest BCUT2D eigenvalue weighted by Gasteiger charge is 2.05. The maximum Gasteiger partial charge on any atom is 0.325 e. The molecule has 0 radical (unpaired) electrons. The van der Waals surface area contributed by atoms with Crippen molar-refractivity contribution in [3.05, 3.63) is 62.7 Å².